The van der Waals surface area contributed by atoms with Gasteiger partial charge in [-0.1, -0.05) is 29.8 Å². The third kappa shape index (κ3) is 7.10. The summed E-state index contributed by atoms with van der Waals surface area (Å²) in [5.41, 5.74) is 5.05. The van der Waals surface area contributed by atoms with E-state index in [-0.39, 0.29) is 6.61 Å². The van der Waals surface area contributed by atoms with Crippen LogP contribution < -0.4 is 20.3 Å². The van der Waals surface area contributed by atoms with Gasteiger partial charge in [-0.15, -0.1) is 0 Å². The average Bonchev–Trinajstić information content (AvgIpc) is 2.64. The minimum atomic E-state index is -0.487. The molecule has 0 radical (unpaired) electrons. The largest absolute Gasteiger partial charge is 0.492 e. The van der Waals surface area contributed by atoms with E-state index >= 15 is 0 Å². The molecule has 2 aromatic rings. The molecule has 9 heteroatoms. The fraction of sp³-hybridized carbons (Fsp3) is 0.263. The standard InChI is InChI=1S/C19H19Br3N2O4/c1-11(2)9-27-16-5-3-12(7-14(16)21)19(26)24-23-18(25)10-28-17-6-4-13(20)8-15(17)22/h3-8,11H,9-10H2,1-2H3,(H,23,25)(H,24,26). The molecule has 0 unspecified atom stereocenters. The smallest absolute Gasteiger partial charge is 0.276 e. The quantitative estimate of drug-likeness (QED) is 0.461. The van der Waals surface area contributed by atoms with E-state index in [1.54, 1.807) is 36.4 Å². The topological polar surface area (TPSA) is 76.7 Å². The Morgan fingerprint density at radius 2 is 1.57 bits per heavy atom. The van der Waals surface area contributed by atoms with Crippen LogP contribution in [0.25, 0.3) is 0 Å². The summed E-state index contributed by atoms with van der Waals surface area (Å²) < 4.78 is 13.3. The lowest BCUT2D eigenvalue weighted by molar-refractivity contribution is -0.123. The molecule has 2 rings (SSSR count). The van der Waals surface area contributed by atoms with Gasteiger partial charge in [-0.05, 0) is 74.2 Å². The van der Waals surface area contributed by atoms with Gasteiger partial charge >= 0.3 is 0 Å². The Bertz CT molecular complexity index is 859. The highest BCUT2D eigenvalue weighted by Crippen LogP contribution is 2.28. The van der Waals surface area contributed by atoms with Crippen LogP contribution in [0.3, 0.4) is 0 Å². The van der Waals surface area contributed by atoms with Gasteiger partial charge in [0.2, 0.25) is 0 Å². The summed E-state index contributed by atoms with van der Waals surface area (Å²) in [5.74, 6) is 0.632. The fourth-order valence-corrected chi connectivity index (χ4v) is 3.64. The third-order valence-corrected chi connectivity index (χ3v) is 5.07. The number of hydrogen-bond donors (Lipinski definition) is 2. The van der Waals surface area contributed by atoms with Crippen LogP contribution in [0.2, 0.25) is 0 Å². The minimum Gasteiger partial charge on any atom is -0.492 e. The minimum absolute atomic E-state index is 0.244. The Labute approximate surface area is 188 Å². The van der Waals surface area contributed by atoms with Crippen molar-refractivity contribution >= 4 is 59.6 Å². The van der Waals surface area contributed by atoms with Crippen LogP contribution in [0.4, 0.5) is 0 Å². The summed E-state index contributed by atoms with van der Waals surface area (Å²) in [4.78, 5) is 24.1. The summed E-state index contributed by atoms with van der Waals surface area (Å²) in [6.45, 7) is 4.44. The molecule has 28 heavy (non-hydrogen) atoms. The normalized spacial score (nSPS) is 10.5. The second kappa shape index (κ2) is 10.8. The number of hydrogen-bond acceptors (Lipinski definition) is 4. The molecular weight excluding hydrogens is 560 g/mol. The van der Waals surface area contributed by atoms with Crippen molar-refractivity contribution < 1.29 is 19.1 Å². The molecule has 2 amide bonds. The summed E-state index contributed by atoms with van der Waals surface area (Å²) in [7, 11) is 0. The summed E-state index contributed by atoms with van der Waals surface area (Å²) >= 11 is 10.1. The van der Waals surface area contributed by atoms with E-state index in [4.69, 9.17) is 9.47 Å². The van der Waals surface area contributed by atoms with Crippen LogP contribution in [0.5, 0.6) is 11.5 Å². The lowest BCUT2D eigenvalue weighted by atomic mass is 10.2. The van der Waals surface area contributed by atoms with Crippen molar-refractivity contribution in [2.45, 2.75) is 13.8 Å². The van der Waals surface area contributed by atoms with E-state index in [1.165, 1.54) is 0 Å². The molecule has 150 valence electrons. The Morgan fingerprint density at radius 1 is 0.929 bits per heavy atom. The zero-order valence-corrected chi connectivity index (χ0v) is 20.0. The van der Waals surface area contributed by atoms with Gasteiger partial charge in [0.25, 0.3) is 11.8 Å². The molecule has 0 aromatic heterocycles. The predicted octanol–water partition coefficient (Wildman–Crippen LogP) is 4.85. The predicted molar refractivity (Wildman–Crippen MR) is 117 cm³/mol. The molecule has 6 nitrogen and oxygen atoms in total. The lowest BCUT2D eigenvalue weighted by Gasteiger charge is -2.12. The highest BCUT2D eigenvalue weighted by Gasteiger charge is 2.12. The Balaban J connectivity index is 1.84. The molecule has 0 saturated carbocycles. The van der Waals surface area contributed by atoms with Crippen molar-refractivity contribution in [1.29, 1.82) is 0 Å². The number of benzene rings is 2. The molecular formula is C19H19Br3N2O4. The number of carbonyl (C=O) groups excluding carboxylic acids is 2. The van der Waals surface area contributed by atoms with E-state index in [9.17, 15) is 9.59 Å². The van der Waals surface area contributed by atoms with Gasteiger partial charge in [0.1, 0.15) is 11.5 Å². The second-order valence-corrected chi connectivity index (χ2v) is 8.84. The van der Waals surface area contributed by atoms with Crippen molar-refractivity contribution in [2.75, 3.05) is 13.2 Å². The summed E-state index contributed by atoms with van der Waals surface area (Å²) in [6.07, 6.45) is 0. The average molecular weight is 579 g/mol. The van der Waals surface area contributed by atoms with Gasteiger partial charge in [0, 0.05) is 10.0 Å². The molecule has 0 saturated heterocycles. The van der Waals surface area contributed by atoms with Crippen molar-refractivity contribution in [2.24, 2.45) is 5.92 Å². The van der Waals surface area contributed by atoms with Gasteiger partial charge in [0.15, 0.2) is 6.61 Å². The van der Waals surface area contributed by atoms with Crippen LogP contribution in [0, 0.1) is 5.92 Å². The van der Waals surface area contributed by atoms with E-state index in [1.807, 2.05) is 0 Å². The molecule has 0 aliphatic rings. The fourth-order valence-electron chi connectivity index (χ4n) is 1.99. The Kier molecular flexibility index (Phi) is 8.78. The van der Waals surface area contributed by atoms with Crippen molar-refractivity contribution in [3.63, 3.8) is 0 Å². The SMILES string of the molecule is CC(C)COc1ccc(C(=O)NNC(=O)COc2ccc(Br)cc2Br)cc1Br. The first kappa shape index (κ1) is 22.7. The zero-order valence-electron chi connectivity index (χ0n) is 15.2. The number of rotatable bonds is 7. The molecule has 0 bridgehead atoms. The van der Waals surface area contributed by atoms with Crippen LogP contribution in [-0.4, -0.2) is 25.0 Å². The van der Waals surface area contributed by atoms with Crippen molar-refractivity contribution in [3.05, 3.63) is 55.4 Å². The number of ether oxygens (including phenoxy) is 2. The van der Waals surface area contributed by atoms with Gasteiger partial charge in [-0.25, -0.2) is 0 Å². The van der Waals surface area contributed by atoms with Crippen LogP contribution in [0.1, 0.15) is 24.2 Å². The van der Waals surface area contributed by atoms with Crippen LogP contribution in [-0.2, 0) is 4.79 Å². The molecule has 0 heterocycles. The van der Waals surface area contributed by atoms with E-state index < -0.39 is 11.8 Å². The number of nitrogens with one attached hydrogen (secondary N) is 2. The first-order valence-electron chi connectivity index (χ1n) is 8.35. The van der Waals surface area contributed by atoms with Crippen molar-refractivity contribution in [1.82, 2.24) is 10.9 Å². The van der Waals surface area contributed by atoms with Gasteiger partial charge in [0.05, 0.1) is 15.6 Å². The van der Waals surface area contributed by atoms with Crippen LogP contribution >= 0.6 is 47.8 Å². The molecule has 0 aliphatic heterocycles. The van der Waals surface area contributed by atoms with Crippen molar-refractivity contribution in [3.8, 4) is 11.5 Å². The number of hydrazine groups is 1. The zero-order chi connectivity index (χ0) is 20.7. The lowest BCUT2D eigenvalue weighted by Crippen LogP contribution is -2.43. The Hall–Kier alpha value is -1.58. The molecule has 0 fully saturated rings. The maximum atomic E-state index is 12.2. The molecule has 0 atom stereocenters. The molecule has 0 aliphatic carbocycles. The molecule has 2 aromatic carbocycles. The third-order valence-electron chi connectivity index (χ3n) is 3.33. The summed E-state index contributed by atoms with van der Waals surface area (Å²) in [6, 6.07) is 10.3. The van der Waals surface area contributed by atoms with Gasteiger partial charge in [-0.3, -0.25) is 20.4 Å². The van der Waals surface area contributed by atoms with E-state index in [0.29, 0.717) is 38.5 Å². The second-order valence-electron chi connectivity index (χ2n) is 6.22. The number of carbonyl (C=O) groups is 2. The first-order chi connectivity index (χ1) is 13.3. The van der Waals surface area contributed by atoms with E-state index in [2.05, 4.69) is 72.5 Å². The number of amides is 2. The first-order valence-corrected chi connectivity index (χ1v) is 10.7. The molecule has 0 spiro atoms. The highest BCUT2D eigenvalue weighted by molar-refractivity contribution is 9.11. The van der Waals surface area contributed by atoms with Gasteiger partial charge < -0.3 is 9.47 Å². The Morgan fingerprint density at radius 3 is 2.21 bits per heavy atom. The maximum Gasteiger partial charge on any atom is 0.276 e. The van der Waals surface area contributed by atoms with Gasteiger partial charge in [-0.2, -0.15) is 0 Å². The van der Waals surface area contributed by atoms with Crippen LogP contribution in [0.15, 0.2) is 49.8 Å². The highest BCUT2D eigenvalue weighted by atomic mass is 79.9. The monoisotopic (exact) mass is 576 g/mol. The number of halogens is 3. The van der Waals surface area contributed by atoms with E-state index in [0.717, 1.165) is 4.47 Å². The maximum absolute atomic E-state index is 12.2. The molecule has 2 N–H and O–H groups in total. The summed E-state index contributed by atoms with van der Waals surface area (Å²) in [5, 5.41) is 0.